The summed E-state index contributed by atoms with van der Waals surface area (Å²) >= 11 is 1.35. The van der Waals surface area contributed by atoms with Crippen LogP contribution in [0, 0.1) is 11.7 Å². The van der Waals surface area contributed by atoms with E-state index in [1.165, 1.54) is 17.8 Å². The monoisotopic (exact) mass is 298 g/mol. The van der Waals surface area contributed by atoms with Crippen molar-refractivity contribution in [2.24, 2.45) is 11.7 Å². The number of hydrogen-bond acceptors (Lipinski definition) is 3. The highest BCUT2D eigenvalue weighted by atomic mass is 32.2. The van der Waals surface area contributed by atoms with E-state index in [-0.39, 0.29) is 23.2 Å². The summed E-state index contributed by atoms with van der Waals surface area (Å²) in [7, 11) is 0. The molecule has 0 saturated carbocycles. The minimum absolute atomic E-state index is 0.0458. The molecule has 1 rings (SSSR count). The topological polar surface area (TPSA) is 55.1 Å². The predicted molar refractivity (Wildman–Crippen MR) is 82.2 cm³/mol. The fraction of sp³-hybridized carbons (Fsp3) is 0.533. The Labute approximate surface area is 124 Å². The van der Waals surface area contributed by atoms with Gasteiger partial charge in [-0.1, -0.05) is 26.0 Å². The first kappa shape index (κ1) is 17.0. The molecule has 1 atom stereocenters. The van der Waals surface area contributed by atoms with Crippen molar-refractivity contribution in [1.29, 1.82) is 0 Å². The zero-order chi connectivity index (χ0) is 15.2. The normalized spacial score (nSPS) is 14.1. The van der Waals surface area contributed by atoms with E-state index in [4.69, 9.17) is 5.73 Å². The van der Waals surface area contributed by atoms with Crippen LogP contribution in [-0.4, -0.2) is 23.7 Å². The van der Waals surface area contributed by atoms with Gasteiger partial charge in [0.05, 0.1) is 5.54 Å². The molecule has 3 nitrogen and oxygen atoms in total. The molecule has 0 bridgehead atoms. The van der Waals surface area contributed by atoms with Gasteiger partial charge in [0, 0.05) is 23.6 Å². The first-order valence-electron chi connectivity index (χ1n) is 6.77. The Kier molecular flexibility index (Phi) is 6.49. The van der Waals surface area contributed by atoms with Crippen molar-refractivity contribution >= 4 is 17.7 Å². The molecule has 0 fully saturated rings. The number of carbonyl (C=O) groups excluding carboxylic acids is 1. The number of hydrogen-bond donors (Lipinski definition) is 2. The van der Waals surface area contributed by atoms with Crippen molar-refractivity contribution in [1.82, 2.24) is 5.32 Å². The summed E-state index contributed by atoms with van der Waals surface area (Å²) in [6.45, 7) is 6.40. The third-order valence-electron chi connectivity index (χ3n) is 3.55. The first-order chi connectivity index (χ1) is 9.39. The van der Waals surface area contributed by atoms with E-state index in [0.717, 1.165) is 0 Å². The maximum atomic E-state index is 13.4. The van der Waals surface area contributed by atoms with Crippen LogP contribution in [0.4, 0.5) is 4.39 Å². The zero-order valence-corrected chi connectivity index (χ0v) is 13.1. The van der Waals surface area contributed by atoms with Gasteiger partial charge in [-0.15, -0.1) is 11.8 Å². The summed E-state index contributed by atoms with van der Waals surface area (Å²) < 4.78 is 13.4. The molecule has 0 radical (unpaired) electrons. The third kappa shape index (κ3) is 4.80. The minimum atomic E-state index is -0.389. The van der Waals surface area contributed by atoms with Gasteiger partial charge >= 0.3 is 0 Å². The lowest BCUT2D eigenvalue weighted by Crippen LogP contribution is -2.55. The van der Waals surface area contributed by atoms with Crippen molar-refractivity contribution in [3.63, 3.8) is 0 Å². The van der Waals surface area contributed by atoms with Crippen molar-refractivity contribution in [2.75, 3.05) is 12.3 Å². The lowest BCUT2D eigenvalue weighted by molar-refractivity contribution is -0.122. The van der Waals surface area contributed by atoms with Crippen LogP contribution in [-0.2, 0) is 4.79 Å². The number of amides is 1. The van der Waals surface area contributed by atoms with Gasteiger partial charge in [-0.2, -0.15) is 0 Å². The Morgan fingerprint density at radius 2 is 2.10 bits per heavy atom. The fourth-order valence-corrected chi connectivity index (χ4v) is 2.52. The molecule has 0 aliphatic rings. The summed E-state index contributed by atoms with van der Waals surface area (Å²) in [5.41, 5.74) is 5.34. The van der Waals surface area contributed by atoms with E-state index >= 15 is 0 Å². The second-order valence-corrected chi connectivity index (χ2v) is 6.49. The molecule has 0 saturated heterocycles. The minimum Gasteiger partial charge on any atom is -0.349 e. The van der Waals surface area contributed by atoms with Gasteiger partial charge < -0.3 is 11.1 Å². The smallest absolute Gasteiger partial charge is 0.221 e. The molecule has 0 spiro atoms. The molecular formula is C15H23FN2OS. The number of nitrogens with one attached hydrogen (secondary N) is 1. The Hall–Kier alpha value is -1.07. The van der Waals surface area contributed by atoms with E-state index in [1.807, 2.05) is 20.8 Å². The molecule has 5 heteroatoms. The lowest BCUT2D eigenvalue weighted by atomic mass is 9.88. The Balaban J connectivity index is 2.43. The highest BCUT2D eigenvalue weighted by Crippen LogP contribution is 2.22. The van der Waals surface area contributed by atoms with Gasteiger partial charge in [-0.3, -0.25) is 4.79 Å². The molecule has 3 N–H and O–H groups in total. The van der Waals surface area contributed by atoms with Crippen LogP contribution in [0.1, 0.15) is 27.2 Å². The van der Waals surface area contributed by atoms with E-state index in [9.17, 15) is 9.18 Å². The van der Waals surface area contributed by atoms with Gasteiger partial charge in [0.25, 0.3) is 0 Å². The Morgan fingerprint density at radius 1 is 1.45 bits per heavy atom. The maximum Gasteiger partial charge on any atom is 0.221 e. The largest absolute Gasteiger partial charge is 0.349 e. The molecule has 0 heterocycles. The SMILES string of the molecule is CC(C)C(C)(CN)NC(=O)CCSc1ccccc1F. The molecule has 112 valence electrons. The molecule has 1 aromatic rings. The van der Waals surface area contributed by atoms with Crippen LogP contribution in [0.25, 0.3) is 0 Å². The van der Waals surface area contributed by atoms with Crippen molar-refractivity contribution in [3.8, 4) is 0 Å². The standard InChI is InChI=1S/C15H23FN2OS/c1-11(2)15(3,10-17)18-14(19)8-9-20-13-7-5-4-6-12(13)16/h4-7,11H,8-10,17H2,1-3H3,(H,18,19). The summed E-state index contributed by atoms with van der Waals surface area (Å²) in [6.07, 6.45) is 0.349. The summed E-state index contributed by atoms with van der Waals surface area (Å²) in [5, 5.41) is 2.97. The van der Waals surface area contributed by atoms with E-state index in [2.05, 4.69) is 5.32 Å². The molecule has 20 heavy (non-hydrogen) atoms. The molecule has 0 aliphatic carbocycles. The van der Waals surface area contributed by atoms with Crippen LogP contribution in [0.5, 0.6) is 0 Å². The maximum absolute atomic E-state index is 13.4. The molecule has 1 aromatic carbocycles. The van der Waals surface area contributed by atoms with E-state index in [0.29, 0.717) is 23.6 Å². The Bertz CT molecular complexity index is 453. The number of thioether (sulfide) groups is 1. The molecule has 0 aliphatic heterocycles. The van der Waals surface area contributed by atoms with Crippen LogP contribution in [0.15, 0.2) is 29.2 Å². The van der Waals surface area contributed by atoms with E-state index in [1.54, 1.807) is 18.2 Å². The van der Waals surface area contributed by atoms with Gasteiger partial charge in [0.1, 0.15) is 5.82 Å². The van der Waals surface area contributed by atoms with Crippen LogP contribution >= 0.6 is 11.8 Å². The van der Waals surface area contributed by atoms with Crippen LogP contribution in [0.2, 0.25) is 0 Å². The number of halogens is 1. The van der Waals surface area contributed by atoms with Crippen molar-refractivity contribution in [3.05, 3.63) is 30.1 Å². The predicted octanol–water partition coefficient (Wildman–Crippen LogP) is 2.80. The average Bonchev–Trinajstić information content (AvgIpc) is 2.40. The van der Waals surface area contributed by atoms with Gasteiger partial charge in [0.15, 0.2) is 0 Å². The van der Waals surface area contributed by atoms with Gasteiger partial charge in [-0.25, -0.2) is 4.39 Å². The number of rotatable bonds is 7. The van der Waals surface area contributed by atoms with Crippen LogP contribution < -0.4 is 11.1 Å². The Morgan fingerprint density at radius 3 is 2.65 bits per heavy atom. The van der Waals surface area contributed by atoms with Crippen molar-refractivity contribution < 1.29 is 9.18 Å². The second kappa shape index (κ2) is 7.64. The summed E-state index contributed by atoms with van der Waals surface area (Å²) in [4.78, 5) is 12.5. The summed E-state index contributed by atoms with van der Waals surface area (Å²) in [6, 6.07) is 6.58. The highest BCUT2D eigenvalue weighted by molar-refractivity contribution is 7.99. The second-order valence-electron chi connectivity index (χ2n) is 5.35. The molecule has 1 amide bonds. The fourth-order valence-electron chi connectivity index (χ4n) is 1.63. The van der Waals surface area contributed by atoms with E-state index < -0.39 is 0 Å². The molecular weight excluding hydrogens is 275 g/mol. The van der Waals surface area contributed by atoms with Crippen LogP contribution in [0.3, 0.4) is 0 Å². The van der Waals surface area contributed by atoms with Crippen molar-refractivity contribution in [2.45, 2.75) is 37.6 Å². The summed E-state index contributed by atoms with van der Waals surface area (Å²) in [5.74, 6) is 0.518. The first-order valence-corrected chi connectivity index (χ1v) is 7.76. The average molecular weight is 298 g/mol. The van der Waals surface area contributed by atoms with Gasteiger partial charge in [0.2, 0.25) is 5.91 Å². The quantitative estimate of drug-likeness (QED) is 0.761. The number of nitrogens with two attached hydrogens (primary N) is 1. The zero-order valence-electron chi connectivity index (χ0n) is 12.3. The number of benzene rings is 1. The van der Waals surface area contributed by atoms with Gasteiger partial charge in [-0.05, 0) is 25.0 Å². The lowest BCUT2D eigenvalue weighted by Gasteiger charge is -2.33. The molecule has 1 unspecified atom stereocenters. The number of carbonyl (C=O) groups is 1. The highest BCUT2D eigenvalue weighted by Gasteiger charge is 2.28. The molecule has 0 aromatic heterocycles. The third-order valence-corrected chi connectivity index (χ3v) is 4.60.